The van der Waals surface area contributed by atoms with Crippen LogP contribution in [0.4, 0.5) is 4.79 Å². The number of ether oxygens (including phenoxy) is 1. The van der Waals surface area contributed by atoms with E-state index in [2.05, 4.69) is 0 Å². The minimum atomic E-state index is -0.402. The number of hydrogen-bond donors (Lipinski definition) is 1. The van der Waals surface area contributed by atoms with Gasteiger partial charge < -0.3 is 15.4 Å². The summed E-state index contributed by atoms with van der Waals surface area (Å²) in [4.78, 5) is 13.4. The van der Waals surface area contributed by atoms with E-state index in [9.17, 15) is 4.79 Å². The van der Waals surface area contributed by atoms with Crippen molar-refractivity contribution in [2.24, 2.45) is 17.6 Å². The molecule has 1 atom stereocenters. The summed E-state index contributed by atoms with van der Waals surface area (Å²) < 4.78 is 5.29. The van der Waals surface area contributed by atoms with Crippen molar-refractivity contribution in [2.45, 2.75) is 45.3 Å². The normalized spacial score (nSPS) is 23.9. The molecule has 1 saturated heterocycles. The van der Waals surface area contributed by atoms with Crippen molar-refractivity contribution in [3.8, 4) is 0 Å². The predicted octanol–water partition coefficient (Wildman–Crippen LogP) is 1.59. The third-order valence-corrected chi connectivity index (χ3v) is 3.27. The van der Waals surface area contributed by atoms with Gasteiger partial charge in [0.15, 0.2) is 0 Å². The maximum Gasteiger partial charge on any atom is 0.410 e. The largest absolute Gasteiger partial charge is 0.444 e. The molecule has 1 amide bonds. The second-order valence-electron chi connectivity index (χ2n) is 6.06. The Morgan fingerprint density at radius 1 is 1.31 bits per heavy atom. The molecule has 1 heterocycles. The molecular formula is C12H22N2O2. The second-order valence-corrected chi connectivity index (χ2v) is 6.06. The molecule has 2 aliphatic rings. The Kier molecular flexibility index (Phi) is 2.86. The van der Waals surface area contributed by atoms with Gasteiger partial charge in [-0.1, -0.05) is 0 Å². The Balaban J connectivity index is 1.73. The number of carbonyl (C=O) groups is 1. The summed E-state index contributed by atoms with van der Waals surface area (Å²) in [5.74, 6) is 1.20. The number of carbonyl (C=O) groups excluding carboxylic acids is 1. The quantitative estimate of drug-likeness (QED) is 0.778. The van der Waals surface area contributed by atoms with Gasteiger partial charge in [0.1, 0.15) is 5.60 Å². The first-order valence-corrected chi connectivity index (χ1v) is 6.10. The molecule has 1 aliphatic heterocycles. The standard InChI is InChI=1S/C12H22N2O2/c1-12(2,3)16-11(15)14-6-9(7-14)10(13)8-4-5-8/h8-10H,4-7,13H2,1-3H3/t10-/m1/s1. The number of rotatable bonds is 2. The van der Waals surface area contributed by atoms with Gasteiger partial charge in [0, 0.05) is 25.0 Å². The molecule has 2 N–H and O–H groups in total. The Morgan fingerprint density at radius 2 is 1.88 bits per heavy atom. The Bertz CT molecular complexity index is 275. The molecule has 0 unspecified atom stereocenters. The Hall–Kier alpha value is -0.770. The number of nitrogens with zero attached hydrogens (tertiary/aromatic N) is 1. The molecule has 4 nitrogen and oxygen atoms in total. The van der Waals surface area contributed by atoms with Gasteiger partial charge in [-0.05, 0) is 39.5 Å². The van der Waals surface area contributed by atoms with Gasteiger partial charge in [-0.3, -0.25) is 0 Å². The topological polar surface area (TPSA) is 55.6 Å². The van der Waals surface area contributed by atoms with E-state index in [0.717, 1.165) is 13.1 Å². The van der Waals surface area contributed by atoms with Crippen LogP contribution in [0, 0.1) is 11.8 Å². The zero-order chi connectivity index (χ0) is 11.9. The van der Waals surface area contributed by atoms with E-state index >= 15 is 0 Å². The number of likely N-dealkylation sites (tertiary alicyclic amines) is 1. The summed E-state index contributed by atoms with van der Waals surface area (Å²) in [5.41, 5.74) is 5.69. The van der Waals surface area contributed by atoms with Gasteiger partial charge in [-0.25, -0.2) is 4.79 Å². The molecule has 0 aromatic carbocycles. The van der Waals surface area contributed by atoms with Crippen molar-refractivity contribution < 1.29 is 9.53 Å². The fourth-order valence-corrected chi connectivity index (χ4v) is 2.10. The molecule has 16 heavy (non-hydrogen) atoms. The maximum absolute atomic E-state index is 11.7. The lowest BCUT2D eigenvalue weighted by atomic mass is 9.89. The van der Waals surface area contributed by atoms with E-state index in [-0.39, 0.29) is 6.09 Å². The van der Waals surface area contributed by atoms with E-state index in [1.165, 1.54) is 12.8 Å². The van der Waals surface area contributed by atoms with E-state index in [1.54, 1.807) is 4.90 Å². The molecule has 0 aromatic rings. The summed E-state index contributed by atoms with van der Waals surface area (Å²) in [6.07, 6.45) is 2.33. The second kappa shape index (κ2) is 3.91. The zero-order valence-corrected chi connectivity index (χ0v) is 10.4. The first kappa shape index (κ1) is 11.7. The third kappa shape index (κ3) is 2.67. The van der Waals surface area contributed by atoms with Gasteiger partial charge in [0.25, 0.3) is 0 Å². The first-order valence-electron chi connectivity index (χ1n) is 6.10. The predicted molar refractivity (Wildman–Crippen MR) is 62.0 cm³/mol. The van der Waals surface area contributed by atoms with Crippen molar-refractivity contribution in [1.82, 2.24) is 4.90 Å². The van der Waals surface area contributed by atoms with Crippen molar-refractivity contribution in [3.05, 3.63) is 0 Å². The molecule has 1 aliphatic carbocycles. The highest BCUT2D eigenvalue weighted by Crippen LogP contribution is 2.37. The van der Waals surface area contributed by atoms with Gasteiger partial charge in [-0.15, -0.1) is 0 Å². The summed E-state index contributed by atoms with van der Waals surface area (Å²) in [6.45, 7) is 7.20. The minimum Gasteiger partial charge on any atom is -0.444 e. The average Bonchev–Trinajstić information content (AvgIpc) is 2.77. The number of nitrogens with two attached hydrogens (primary N) is 1. The fourth-order valence-electron chi connectivity index (χ4n) is 2.10. The van der Waals surface area contributed by atoms with E-state index in [0.29, 0.717) is 17.9 Å². The lowest BCUT2D eigenvalue weighted by Gasteiger charge is -2.42. The summed E-state index contributed by atoms with van der Waals surface area (Å²) in [5, 5.41) is 0. The minimum absolute atomic E-state index is 0.202. The molecule has 2 rings (SSSR count). The van der Waals surface area contributed by atoms with Gasteiger partial charge in [0.05, 0.1) is 0 Å². The van der Waals surface area contributed by atoms with Crippen LogP contribution in [0.15, 0.2) is 0 Å². The van der Waals surface area contributed by atoms with E-state index in [1.807, 2.05) is 20.8 Å². The number of amides is 1. The van der Waals surface area contributed by atoms with Gasteiger partial charge in [-0.2, -0.15) is 0 Å². The molecule has 0 spiro atoms. The molecular weight excluding hydrogens is 204 g/mol. The maximum atomic E-state index is 11.7. The summed E-state index contributed by atoms with van der Waals surface area (Å²) in [6, 6.07) is 0.290. The number of hydrogen-bond acceptors (Lipinski definition) is 3. The molecule has 92 valence electrons. The smallest absolute Gasteiger partial charge is 0.410 e. The monoisotopic (exact) mass is 226 g/mol. The van der Waals surface area contributed by atoms with Crippen LogP contribution in [0.3, 0.4) is 0 Å². The molecule has 0 bridgehead atoms. The van der Waals surface area contributed by atoms with Crippen molar-refractivity contribution in [1.29, 1.82) is 0 Å². The van der Waals surface area contributed by atoms with E-state index in [4.69, 9.17) is 10.5 Å². The highest BCUT2D eigenvalue weighted by molar-refractivity contribution is 5.69. The summed E-state index contributed by atoms with van der Waals surface area (Å²) >= 11 is 0. The van der Waals surface area contributed by atoms with Crippen LogP contribution >= 0.6 is 0 Å². The highest BCUT2D eigenvalue weighted by atomic mass is 16.6. The third-order valence-electron chi connectivity index (χ3n) is 3.27. The van der Waals surface area contributed by atoms with E-state index < -0.39 is 5.60 Å². The zero-order valence-electron chi connectivity index (χ0n) is 10.4. The summed E-state index contributed by atoms with van der Waals surface area (Å²) in [7, 11) is 0. The lowest BCUT2D eigenvalue weighted by molar-refractivity contribution is -0.00574. The SMILES string of the molecule is CC(C)(C)OC(=O)N1CC([C@H](N)C2CC2)C1. The van der Waals surface area contributed by atoms with Gasteiger partial charge >= 0.3 is 6.09 Å². The Labute approximate surface area is 97.1 Å². The van der Waals surface area contributed by atoms with Crippen LogP contribution < -0.4 is 5.73 Å². The van der Waals surface area contributed by atoms with Crippen LogP contribution in [0.25, 0.3) is 0 Å². The molecule has 0 radical (unpaired) electrons. The Morgan fingerprint density at radius 3 is 2.31 bits per heavy atom. The van der Waals surface area contributed by atoms with Crippen LogP contribution in [-0.2, 0) is 4.74 Å². The van der Waals surface area contributed by atoms with Crippen LogP contribution in [0.5, 0.6) is 0 Å². The van der Waals surface area contributed by atoms with Crippen molar-refractivity contribution in [3.63, 3.8) is 0 Å². The lowest BCUT2D eigenvalue weighted by Crippen LogP contribution is -2.57. The van der Waals surface area contributed by atoms with Crippen molar-refractivity contribution >= 4 is 6.09 Å². The van der Waals surface area contributed by atoms with Crippen LogP contribution in [0.2, 0.25) is 0 Å². The highest BCUT2D eigenvalue weighted by Gasteiger charge is 2.42. The molecule has 1 saturated carbocycles. The van der Waals surface area contributed by atoms with Crippen molar-refractivity contribution in [2.75, 3.05) is 13.1 Å². The molecule has 0 aromatic heterocycles. The van der Waals surface area contributed by atoms with Crippen LogP contribution in [0.1, 0.15) is 33.6 Å². The fraction of sp³-hybridized carbons (Fsp3) is 0.917. The van der Waals surface area contributed by atoms with Gasteiger partial charge in [0.2, 0.25) is 0 Å². The first-order chi connectivity index (χ1) is 7.37. The van der Waals surface area contributed by atoms with Crippen LogP contribution in [-0.4, -0.2) is 35.7 Å². The molecule has 4 heteroatoms. The molecule has 2 fully saturated rings. The average molecular weight is 226 g/mol.